The summed E-state index contributed by atoms with van der Waals surface area (Å²) in [5, 5.41) is 3.61. The summed E-state index contributed by atoms with van der Waals surface area (Å²) >= 11 is 0. The Morgan fingerprint density at radius 1 is 1.33 bits per heavy atom. The van der Waals surface area contributed by atoms with E-state index < -0.39 is 0 Å². The fourth-order valence-corrected chi connectivity index (χ4v) is 3.88. The molecule has 0 heterocycles. The standard InChI is InChI=1S/C17H25N/c1-3-10-18-12-14-11-17(14)9-8-13(2)15-6-4-5-7-16(15)17/h4-7,13-14,18H,3,8-12H2,1-2H3. The van der Waals surface area contributed by atoms with Crippen LogP contribution in [0.15, 0.2) is 24.3 Å². The molecule has 3 atom stereocenters. The Morgan fingerprint density at radius 3 is 3.00 bits per heavy atom. The van der Waals surface area contributed by atoms with Crippen LogP contribution in [0.25, 0.3) is 0 Å². The topological polar surface area (TPSA) is 12.0 Å². The van der Waals surface area contributed by atoms with Crippen LogP contribution in [0.2, 0.25) is 0 Å². The van der Waals surface area contributed by atoms with E-state index in [0.29, 0.717) is 5.41 Å². The minimum atomic E-state index is 0.545. The molecule has 0 aliphatic heterocycles. The lowest BCUT2D eigenvalue weighted by molar-refractivity contribution is 0.447. The highest BCUT2D eigenvalue weighted by atomic mass is 14.9. The highest BCUT2D eigenvalue weighted by molar-refractivity contribution is 5.44. The van der Waals surface area contributed by atoms with Gasteiger partial charge in [-0.05, 0) is 61.7 Å². The van der Waals surface area contributed by atoms with Gasteiger partial charge in [0, 0.05) is 5.41 Å². The van der Waals surface area contributed by atoms with E-state index in [-0.39, 0.29) is 0 Å². The Hall–Kier alpha value is -0.820. The number of benzene rings is 1. The van der Waals surface area contributed by atoms with Crippen LogP contribution in [-0.4, -0.2) is 13.1 Å². The van der Waals surface area contributed by atoms with Crippen molar-refractivity contribution in [1.82, 2.24) is 5.32 Å². The third-order valence-electron chi connectivity index (χ3n) is 5.10. The van der Waals surface area contributed by atoms with Gasteiger partial charge in [-0.25, -0.2) is 0 Å². The van der Waals surface area contributed by atoms with Crippen molar-refractivity contribution in [3.8, 4) is 0 Å². The Morgan fingerprint density at radius 2 is 2.17 bits per heavy atom. The van der Waals surface area contributed by atoms with Gasteiger partial charge in [0.05, 0.1) is 0 Å². The van der Waals surface area contributed by atoms with Crippen molar-refractivity contribution >= 4 is 0 Å². The van der Waals surface area contributed by atoms with E-state index in [1.54, 1.807) is 11.1 Å². The molecule has 0 saturated heterocycles. The van der Waals surface area contributed by atoms with Crippen LogP contribution in [0.1, 0.15) is 56.6 Å². The molecule has 1 fully saturated rings. The predicted molar refractivity (Wildman–Crippen MR) is 77.0 cm³/mol. The minimum absolute atomic E-state index is 0.545. The Labute approximate surface area is 111 Å². The van der Waals surface area contributed by atoms with Gasteiger partial charge in [-0.2, -0.15) is 0 Å². The van der Waals surface area contributed by atoms with Crippen molar-refractivity contribution in [3.63, 3.8) is 0 Å². The molecule has 0 bridgehead atoms. The van der Waals surface area contributed by atoms with E-state index in [2.05, 4.69) is 43.4 Å². The molecule has 1 nitrogen and oxygen atoms in total. The predicted octanol–water partition coefficient (Wildman–Crippen LogP) is 3.84. The molecule has 3 unspecified atom stereocenters. The molecule has 1 aromatic rings. The Balaban J connectivity index is 1.78. The largest absolute Gasteiger partial charge is 0.316 e. The van der Waals surface area contributed by atoms with Crippen molar-refractivity contribution in [2.45, 2.75) is 50.9 Å². The maximum atomic E-state index is 3.61. The van der Waals surface area contributed by atoms with Crippen molar-refractivity contribution in [3.05, 3.63) is 35.4 Å². The van der Waals surface area contributed by atoms with Crippen LogP contribution >= 0.6 is 0 Å². The molecule has 1 N–H and O–H groups in total. The van der Waals surface area contributed by atoms with E-state index in [9.17, 15) is 0 Å². The van der Waals surface area contributed by atoms with E-state index >= 15 is 0 Å². The van der Waals surface area contributed by atoms with Crippen LogP contribution in [0.3, 0.4) is 0 Å². The second-order valence-corrected chi connectivity index (χ2v) is 6.29. The average molecular weight is 243 g/mol. The zero-order valence-electron chi connectivity index (χ0n) is 11.7. The Kier molecular flexibility index (Phi) is 3.19. The van der Waals surface area contributed by atoms with Gasteiger partial charge in [0.1, 0.15) is 0 Å². The quantitative estimate of drug-likeness (QED) is 0.792. The molecule has 0 aromatic heterocycles. The third-order valence-corrected chi connectivity index (χ3v) is 5.10. The van der Waals surface area contributed by atoms with Gasteiger partial charge in [-0.3, -0.25) is 0 Å². The van der Waals surface area contributed by atoms with Gasteiger partial charge in [0.2, 0.25) is 0 Å². The lowest BCUT2D eigenvalue weighted by atomic mass is 9.74. The molecule has 18 heavy (non-hydrogen) atoms. The van der Waals surface area contributed by atoms with Gasteiger partial charge in [0.15, 0.2) is 0 Å². The first-order chi connectivity index (χ1) is 8.78. The zero-order chi connectivity index (χ0) is 12.6. The van der Waals surface area contributed by atoms with Crippen molar-refractivity contribution in [2.24, 2.45) is 5.92 Å². The molecule has 1 spiro atoms. The normalized spacial score (nSPS) is 33.4. The average Bonchev–Trinajstić information content (AvgIpc) is 3.10. The number of fused-ring (bicyclic) bond motifs is 2. The fourth-order valence-electron chi connectivity index (χ4n) is 3.88. The first-order valence-electron chi connectivity index (χ1n) is 7.58. The van der Waals surface area contributed by atoms with E-state index in [0.717, 1.165) is 11.8 Å². The molecule has 0 amide bonds. The third kappa shape index (κ3) is 1.89. The van der Waals surface area contributed by atoms with Crippen LogP contribution in [-0.2, 0) is 5.41 Å². The first kappa shape index (κ1) is 12.2. The molecule has 98 valence electrons. The van der Waals surface area contributed by atoms with Crippen LogP contribution < -0.4 is 5.32 Å². The summed E-state index contributed by atoms with van der Waals surface area (Å²) < 4.78 is 0. The highest BCUT2D eigenvalue weighted by Gasteiger charge is 2.56. The molecule has 2 aliphatic carbocycles. The summed E-state index contributed by atoms with van der Waals surface area (Å²) in [6, 6.07) is 9.19. The van der Waals surface area contributed by atoms with Crippen LogP contribution in [0.5, 0.6) is 0 Å². The summed E-state index contributed by atoms with van der Waals surface area (Å²) in [7, 11) is 0. The number of nitrogens with one attached hydrogen (secondary N) is 1. The fraction of sp³-hybridized carbons (Fsp3) is 0.647. The van der Waals surface area contributed by atoms with Crippen LogP contribution in [0, 0.1) is 5.92 Å². The summed E-state index contributed by atoms with van der Waals surface area (Å²) in [4.78, 5) is 0. The van der Waals surface area contributed by atoms with Gasteiger partial charge >= 0.3 is 0 Å². The zero-order valence-corrected chi connectivity index (χ0v) is 11.7. The lowest BCUT2D eigenvalue weighted by Crippen LogP contribution is -2.25. The highest BCUT2D eigenvalue weighted by Crippen LogP contribution is 2.61. The first-order valence-corrected chi connectivity index (χ1v) is 7.58. The molecule has 0 radical (unpaired) electrons. The Bertz CT molecular complexity index is 425. The number of hydrogen-bond acceptors (Lipinski definition) is 1. The van der Waals surface area contributed by atoms with Gasteiger partial charge in [0.25, 0.3) is 0 Å². The van der Waals surface area contributed by atoms with E-state index in [1.807, 2.05) is 0 Å². The number of rotatable bonds is 4. The minimum Gasteiger partial charge on any atom is -0.316 e. The smallest absolute Gasteiger partial charge is 0.0000117 e. The maximum absolute atomic E-state index is 3.61. The summed E-state index contributed by atoms with van der Waals surface area (Å²) in [5.74, 6) is 1.65. The second kappa shape index (κ2) is 4.70. The molecule has 1 aromatic carbocycles. The van der Waals surface area contributed by atoms with E-state index in [4.69, 9.17) is 0 Å². The van der Waals surface area contributed by atoms with Crippen LogP contribution in [0.4, 0.5) is 0 Å². The van der Waals surface area contributed by atoms with Crippen molar-refractivity contribution in [1.29, 1.82) is 0 Å². The second-order valence-electron chi connectivity index (χ2n) is 6.29. The van der Waals surface area contributed by atoms with Crippen molar-refractivity contribution in [2.75, 3.05) is 13.1 Å². The van der Waals surface area contributed by atoms with Gasteiger partial charge < -0.3 is 5.32 Å². The van der Waals surface area contributed by atoms with Crippen molar-refractivity contribution < 1.29 is 0 Å². The lowest BCUT2D eigenvalue weighted by Gasteiger charge is -2.31. The molecule has 1 saturated carbocycles. The molecular formula is C17H25N. The van der Waals surface area contributed by atoms with E-state index in [1.165, 1.54) is 38.8 Å². The molecule has 2 aliphatic rings. The molecule has 3 rings (SSSR count). The maximum Gasteiger partial charge on any atom is 0.0000117 e. The molecule has 1 heteroatoms. The molecular weight excluding hydrogens is 218 g/mol. The summed E-state index contributed by atoms with van der Waals surface area (Å²) in [6.45, 7) is 7.02. The monoisotopic (exact) mass is 243 g/mol. The summed E-state index contributed by atoms with van der Waals surface area (Å²) in [6.07, 6.45) is 5.44. The number of hydrogen-bond donors (Lipinski definition) is 1. The van der Waals surface area contributed by atoms with Gasteiger partial charge in [-0.15, -0.1) is 0 Å². The van der Waals surface area contributed by atoms with Gasteiger partial charge in [-0.1, -0.05) is 38.1 Å². The summed E-state index contributed by atoms with van der Waals surface area (Å²) in [5.41, 5.74) is 3.85. The SMILES string of the molecule is CCCNCC1CC12CCC(C)c1ccccc12.